The van der Waals surface area contributed by atoms with E-state index >= 15 is 0 Å². The highest BCUT2D eigenvalue weighted by atomic mass is 19.1. The molecule has 0 aliphatic rings. The Hall–Kier alpha value is -2.24. The molecule has 0 atom stereocenters. The molecule has 106 valence electrons. The van der Waals surface area contributed by atoms with Crippen LogP contribution in [-0.4, -0.2) is 28.6 Å². The van der Waals surface area contributed by atoms with Crippen molar-refractivity contribution in [1.82, 2.24) is 15.0 Å². The summed E-state index contributed by atoms with van der Waals surface area (Å²) in [6, 6.07) is 5.29. The second-order valence-electron chi connectivity index (χ2n) is 4.29. The number of aromatic nitrogens is 3. The van der Waals surface area contributed by atoms with Crippen molar-refractivity contribution in [3.05, 3.63) is 29.7 Å². The summed E-state index contributed by atoms with van der Waals surface area (Å²) in [5.74, 6) is 0.626. The molecule has 6 heteroatoms. The zero-order chi connectivity index (χ0) is 14.5. The van der Waals surface area contributed by atoms with Crippen molar-refractivity contribution in [3.8, 4) is 17.4 Å². The Balaban J connectivity index is 2.43. The SMILES string of the molecule is CCCNc1nc(-c2cccc(OC)n2)nc(C)c1F. The van der Waals surface area contributed by atoms with E-state index < -0.39 is 5.82 Å². The first-order valence-electron chi connectivity index (χ1n) is 6.45. The highest BCUT2D eigenvalue weighted by Gasteiger charge is 2.13. The fourth-order valence-corrected chi connectivity index (χ4v) is 1.69. The van der Waals surface area contributed by atoms with Crippen LogP contribution in [0.5, 0.6) is 5.88 Å². The molecule has 0 unspecified atom stereocenters. The molecule has 5 nitrogen and oxygen atoms in total. The Morgan fingerprint density at radius 3 is 2.75 bits per heavy atom. The zero-order valence-electron chi connectivity index (χ0n) is 11.8. The lowest BCUT2D eigenvalue weighted by molar-refractivity contribution is 0.398. The van der Waals surface area contributed by atoms with Gasteiger partial charge in [-0.15, -0.1) is 0 Å². The predicted octanol–water partition coefficient (Wildman–Crippen LogP) is 2.82. The number of halogens is 1. The van der Waals surface area contributed by atoms with E-state index in [1.807, 2.05) is 6.92 Å². The van der Waals surface area contributed by atoms with Crippen molar-refractivity contribution in [1.29, 1.82) is 0 Å². The van der Waals surface area contributed by atoms with Crippen LogP contribution in [0.15, 0.2) is 18.2 Å². The summed E-state index contributed by atoms with van der Waals surface area (Å²) in [6.07, 6.45) is 0.884. The molecule has 0 aromatic carbocycles. The maximum atomic E-state index is 13.9. The van der Waals surface area contributed by atoms with Gasteiger partial charge in [-0.2, -0.15) is 0 Å². The second kappa shape index (κ2) is 6.27. The van der Waals surface area contributed by atoms with Crippen LogP contribution in [0.25, 0.3) is 11.5 Å². The van der Waals surface area contributed by atoms with Crippen LogP contribution in [0.2, 0.25) is 0 Å². The summed E-state index contributed by atoms with van der Waals surface area (Å²) in [4.78, 5) is 12.6. The molecule has 0 radical (unpaired) electrons. The van der Waals surface area contributed by atoms with Gasteiger partial charge < -0.3 is 10.1 Å². The number of methoxy groups -OCH3 is 1. The van der Waals surface area contributed by atoms with Gasteiger partial charge in [0.1, 0.15) is 5.69 Å². The third kappa shape index (κ3) is 3.01. The molecule has 0 bridgehead atoms. The van der Waals surface area contributed by atoms with Crippen molar-refractivity contribution < 1.29 is 9.13 Å². The molecule has 0 fully saturated rings. The number of ether oxygens (including phenoxy) is 1. The number of nitrogens with zero attached hydrogens (tertiary/aromatic N) is 3. The molecule has 2 rings (SSSR count). The summed E-state index contributed by atoms with van der Waals surface area (Å²) < 4.78 is 19.0. The lowest BCUT2D eigenvalue weighted by Crippen LogP contribution is -2.08. The second-order valence-corrected chi connectivity index (χ2v) is 4.29. The summed E-state index contributed by atoms with van der Waals surface area (Å²) in [5, 5.41) is 2.96. The van der Waals surface area contributed by atoms with Crippen LogP contribution in [-0.2, 0) is 0 Å². The molecule has 2 heterocycles. The molecule has 0 amide bonds. The number of pyridine rings is 1. The Morgan fingerprint density at radius 1 is 1.25 bits per heavy atom. The molecule has 0 saturated heterocycles. The monoisotopic (exact) mass is 276 g/mol. The number of aryl methyl sites for hydroxylation is 1. The molecule has 1 N–H and O–H groups in total. The number of hydrogen-bond donors (Lipinski definition) is 1. The maximum absolute atomic E-state index is 13.9. The van der Waals surface area contributed by atoms with E-state index in [0.29, 0.717) is 29.6 Å². The minimum atomic E-state index is -0.426. The van der Waals surface area contributed by atoms with Gasteiger partial charge in [-0.05, 0) is 19.4 Å². The lowest BCUT2D eigenvalue weighted by atomic mass is 10.3. The molecular formula is C14H17FN4O. The quantitative estimate of drug-likeness (QED) is 0.910. The Morgan fingerprint density at radius 2 is 2.05 bits per heavy atom. The number of anilines is 1. The summed E-state index contributed by atoms with van der Waals surface area (Å²) in [5.41, 5.74) is 0.838. The van der Waals surface area contributed by atoms with Crippen LogP contribution in [0.3, 0.4) is 0 Å². The van der Waals surface area contributed by atoms with Crippen molar-refractivity contribution in [2.45, 2.75) is 20.3 Å². The van der Waals surface area contributed by atoms with E-state index in [-0.39, 0.29) is 5.82 Å². The van der Waals surface area contributed by atoms with Crippen LogP contribution in [0, 0.1) is 12.7 Å². The van der Waals surface area contributed by atoms with Gasteiger partial charge in [-0.1, -0.05) is 13.0 Å². The largest absolute Gasteiger partial charge is 0.481 e. The normalized spacial score (nSPS) is 10.4. The maximum Gasteiger partial charge on any atom is 0.213 e. The molecular weight excluding hydrogens is 259 g/mol. The van der Waals surface area contributed by atoms with Gasteiger partial charge in [0.05, 0.1) is 12.8 Å². The first kappa shape index (κ1) is 14.2. The third-order valence-electron chi connectivity index (χ3n) is 2.72. The van der Waals surface area contributed by atoms with Gasteiger partial charge in [0.2, 0.25) is 5.88 Å². The fourth-order valence-electron chi connectivity index (χ4n) is 1.69. The molecule has 0 spiro atoms. The predicted molar refractivity (Wildman–Crippen MR) is 75.3 cm³/mol. The topological polar surface area (TPSA) is 59.9 Å². The van der Waals surface area contributed by atoms with Crippen molar-refractivity contribution in [3.63, 3.8) is 0 Å². The number of hydrogen-bond acceptors (Lipinski definition) is 5. The van der Waals surface area contributed by atoms with Crippen LogP contribution >= 0.6 is 0 Å². The standard InChI is InChI=1S/C14H17FN4O/c1-4-8-16-14-12(15)9(2)17-13(19-14)10-6-5-7-11(18-10)20-3/h5-7H,4,8H2,1-3H3,(H,16,17,19). The van der Waals surface area contributed by atoms with Crippen LogP contribution in [0.1, 0.15) is 19.0 Å². The van der Waals surface area contributed by atoms with Crippen LogP contribution < -0.4 is 10.1 Å². The Labute approximate surface area is 117 Å². The van der Waals surface area contributed by atoms with Gasteiger partial charge >= 0.3 is 0 Å². The smallest absolute Gasteiger partial charge is 0.213 e. The fraction of sp³-hybridized carbons (Fsp3) is 0.357. The van der Waals surface area contributed by atoms with E-state index in [4.69, 9.17) is 4.74 Å². The lowest BCUT2D eigenvalue weighted by Gasteiger charge is -2.09. The number of rotatable bonds is 5. The van der Waals surface area contributed by atoms with Crippen molar-refractivity contribution in [2.75, 3.05) is 19.0 Å². The zero-order valence-corrected chi connectivity index (χ0v) is 11.8. The van der Waals surface area contributed by atoms with E-state index in [9.17, 15) is 4.39 Å². The minimum Gasteiger partial charge on any atom is -0.481 e. The average molecular weight is 276 g/mol. The van der Waals surface area contributed by atoms with E-state index in [0.717, 1.165) is 6.42 Å². The summed E-state index contributed by atoms with van der Waals surface area (Å²) in [7, 11) is 1.54. The Bertz CT molecular complexity index is 604. The molecule has 20 heavy (non-hydrogen) atoms. The average Bonchev–Trinajstić information content (AvgIpc) is 2.48. The third-order valence-corrected chi connectivity index (χ3v) is 2.72. The van der Waals surface area contributed by atoms with Gasteiger partial charge in [0.15, 0.2) is 17.5 Å². The van der Waals surface area contributed by atoms with Crippen LogP contribution in [0.4, 0.5) is 10.2 Å². The molecule has 0 aliphatic heterocycles. The van der Waals surface area contributed by atoms with Crippen molar-refractivity contribution >= 4 is 5.82 Å². The molecule has 2 aromatic rings. The number of nitrogens with one attached hydrogen (secondary N) is 1. The summed E-state index contributed by atoms with van der Waals surface area (Å²) in [6.45, 7) is 4.26. The van der Waals surface area contributed by atoms with Gasteiger partial charge in [-0.3, -0.25) is 0 Å². The molecule has 2 aromatic heterocycles. The van der Waals surface area contributed by atoms with Gasteiger partial charge in [0, 0.05) is 12.6 Å². The van der Waals surface area contributed by atoms with Gasteiger partial charge in [-0.25, -0.2) is 19.3 Å². The highest BCUT2D eigenvalue weighted by molar-refractivity contribution is 5.54. The van der Waals surface area contributed by atoms with E-state index in [2.05, 4.69) is 20.3 Å². The first-order chi connectivity index (χ1) is 9.65. The van der Waals surface area contributed by atoms with Crippen molar-refractivity contribution in [2.24, 2.45) is 0 Å². The van der Waals surface area contributed by atoms with Gasteiger partial charge in [0.25, 0.3) is 0 Å². The Kier molecular flexibility index (Phi) is 4.45. The first-order valence-corrected chi connectivity index (χ1v) is 6.45. The summed E-state index contributed by atoms with van der Waals surface area (Å²) >= 11 is 0. The minimum absolute atomic E-state index is 0.207. The molecule has 0 saturated carbocycles. The molecule has 0 aliphatic carbocycles. The van der Waals surface area contributed by atoms with E-state index in [1.165, 1.54) is 7.11 Å². The van der Waals surface area contributed by atoms with E-state index in [1.54, 1.807) is 25.1 Å². The highest BCUT2D eigenvalue weighted by Crippen LogP contribution is 2.21.